The number of aryl methyl sites for hydroxylation is 1. The van der Waals surface area contributed by atoms with Gasteiger partial charge in [0.1, 0.15) is 0 Å². The topological polar surface area (TPSA) is 62.6 Å². The van der Waals surface area contributed by atoms with Gasteiger partial charge in [0.25, 0.3) is 5.91 Å². The Morgan fingerprint density at radius 3 is 2.62 bits per heavy atom. The molecule has 6 nitrogen and oxygen atoms in total. The van der Waals surface area contributed by atoms with E-state index in [4.69, 9.17) is 0 Å². The number of amides is 1. The van der Waals surface area contributed by atoms with E-state index in [1.165, 1.54) is 4.31 Å². The molecule has 0 bridgehead atoms. The van der Waals surface area contributed by atoms with E-state index in [1.54, 1.807) is 17.2 Å². The van der Waals surface area contributed by atoms with Crippen LogP contribution in [0.3, 0.4) is 0 Å². The highest BCUT2D eigenvalue weighted by molar-refractivity contribution is 7.89. The molecule has 1 aromatic rings. The molecule has 21 heavy (non-hydrogen) atoms. The fraction of sp³-hybridized carbons (Fsp3) is 0.643. The molecule has 1 amide bonds. The van der Waals surface area contributed by atoms with Gasteiger partial charge in [0.15, 0.2) is 0 Å². The summed E-state index contributed by atoms with van der Waals surface area (Å²) in [5, 5.41) is 0. The largest absolute Gasteiger partial charge is 0.356 e. The summed E-state index contributed by atoms with van der Waals surface area (Å²) in [5.74, 6) is 0.157. The van der Waals surface area contributed by atoms with E-state index in [0.717, 1.165) is 0 Å². The first kappa shape index (κ1) is 16.0. The summed E-state index contributed by atoms with van der Waals surface area (Å²) in [6.07, 6.45) is 4.93. The number of sulfonamides is 1. The second kappa shape index (κ2) is 6.62. The van der Waals surface area contributed by atoms with E-state index >= 15 is 0 Å². The first-order valence-electron chi connectivity index (χ1n) is 7.33. The fourth-order valence-corrected chi connectivity index (χ4v) is 4.12. The lowest BCUT2D eigenvalue weighted by molar-refractivity contribution is 0.0764. The molecular formula is C14H23N3O3S. The molecule has 0 saturated carbocycles. The minimum absolute atomic E-state index is 0.0228. The molecule has 2 heterocycles. The van der Waals surface area contributed by atoms with Crippen LogP contribution in [-0.2, 0) is 17.1 Å². The van der Waals surface area contributed by atoms with Gasteiger partial charge in [-0.3, -0.25) is 4.79 Å². The summed E-state index contributed by atoms with van der Waals surface area (Å²) in [4.78, 5) is 14.1. The molecule has 118 valence electrons. The molecule has 1 saturated heterocycles. The van der Waals surface area contributed by atoms with E-state index in [0.29, 0.717) is 44.6 Å². The fourth-order valence-electron chi connectivity index (χ4n) is 2.57. The Kier molecular flexibility index (Phi) is 5.05. The van der Waals surface area contributed by atoms with Gasteiger partial charge in [-0.2, -0.15) is 0 Å². The Morgan fingerprint density at radius 1 is 1.24 bits per heavy atom. The molecule has 1 aliphatic rings. The van der Waals surface area contributed by atoms with Crippen molar-refractivity contribution in [2.24, 2.45) is 7.05 Å². The molecule has 0 unspecified atom stereocenters. The zero-order valence-electron chi connectivity index (χ0n) is 12.7. The molecule has 0 radical (unpaired) electrons. The van der Waals surface area contributed by atoms with Crippen molar-refractivity contribution >= 4 is 15.9 Å². The minimum Gasteiger partial charge on any atom is -0.356 e. The van der Waals surface area contributed by atoms with Crippen LogP contribution in [0.2, 0.25) is 0 Å². The Bertz CT molecular complexity index is 594. The van der Waals surface area contributed by atoms with Gasteiger partial charge in [-0.05, 0) is 18.9 Å². The van der Waals surface area contributed by atoms with Gasteiger partial charge in [0.05, 0.1) is 11.3 Å². The zero-order chi connectivity index (χ0) is 15.5. The number of hydrogen-bond acceptors (Lipinski definition) is 3. The molecule has 1 aliphatic heterocycles. The molecular weight excluding hydrogens is 290 g/mol. The third-order valence-corrected chi connectivity index (χ3v) is 5.75. The first-order chi connectivity index (χ1) is 9.94. The van der Waals surface area contributed by atoms with Crippen LogP contribution in [0.5, 0.6) is 0 Å². The molecule has 7 heteroatoms. The van der Waals surface area contributed by atoms with E-state index in [2.05, 4.69) is 0 Å². The summed E-state index contributed by atoms with van der Waals surface area (Å²) >= 11 is 0. The lowest BCUT2D eigenvalue weighted by Crippen LogP contribution is -2.38. The standard InChI is InChI=1S/C14H23N3O3S/c1-3-11-21(19,20)17-7-4-6-16(9-10-17)14(18)13-5-8-15(2)12-13/h5,8,12H,3-4,6-7,9-11H2,1-2H3. The van der Waals surface area contributed by atoms with Crippen LogP contribution in [0, 0.1) is 0 Å². The molecule has 0 atom stereocenters. The van der Waals surface area contributed by atoms with Crippen molar-refractivity contribution in [3.05, 3.63) is 24.0 Å². The lowest BCUT2D eigenvalue weighted by Gasteiger charge is -2.21. The zero-order valence-corrected chi connectivity index (χ0v) is 13.5. The van der Waals surface area contributed by atoms with E-state index in [1.807, 2.05) is 24.7 Å². The van der Waals surface area contributed by atoms with E-state index in [-0.39, 0.29) is 11.7 Å². The van der Waals surface area contributed by atoms with Gasteiger partial charge >= 0.3 is 0 Å². The van der Waals surface area contributed by atoms with Crippen LogP contribution in [0.25, 0.3) is 0 Å². The highest BCUT2D eigenvalue weighted by Gasteiger charge is 2.26. The molecule has 2 rings (SSSR count). The van der Waals surface area contributed by atoms with Gasteiger partial charge in [0.2, 0.25) is 10.0 Å². The Morgan fingerprint density at radius 2 is 2.00 bits per heavy atom. The summed E-state index contributed by atoms with van der Waals surface area (Å²) in [6.45, 7) is 3.81. The summed E-state index contributed by atoms with van der Waals surface area (Å²) in [6, 6.07) is 1.79. The maximum Gasteiger partial charge on any atom is 0.255 e. The number of hydrogen-bond donors (Lipinski definition) is 0. The van der Waals surface area contributed by atoms with Crippen molar-refractivity contribution < 1.29 is 13.2 Å². The highest BCUT2D eigenvalue weighted by atomic mass is 32.2. The predicted octanol–water partition coefficient (Wildman–Crippen LogP) is 0.913. The van der Waals surface area contributed by atoms with Crippen molar-refractivity contribution in [2.75, 3.05) is 31.9 Å². The SMILES string of the molecule is CCCS(=O)(=O)N1CCCN(C(=O)c2ccn(C)c2)CC1. The molecule has 0 N–H and O–H groups in total. The number of aromatic nitrogens is 1. The smallest absolute Gasteiger partial charge is 0.255 e. The highest BCUT2D eigenvalue weighted by Crippen LogP contribution is 2.12. The van der Waals surface area contributed by atoms with Crippen LogP contribution < -0.4 is 0 Å². The van der Waals surface area contributed by atoms with Gasteiger partial charge < -0.3 is 9.47 Å². The second-order valence-electron chi connectivity index (χ2n) is 5.43. The van der Waals surface area contributed by atoms with Crippen molar-refractivity contribution in [1.82, 2.24) is 13.8 Å². The average Bonchev–Trinajstić information content (AvgIpc) is 2.72. The lowest BCUT2D eigenvalue weighted by atomic mass is 10.3. The van der Waals surface area contributed by atoms with Crippen molar-refractivity contribution in [3.8, 4) is 0 Å². The van der Waals surface area contributed by atoms with Gasteiger partial charge in [0, 0.05) is 45.6 Å². The van der Waals surface area contributed by atoms with Crippen LogP contribution in [0.4, 0.5) is 0 Å². The quantitative estimate of drug-likeness (QED) is 0.830. The number of carbonyl (C=O) groups excluding carboxylic acids is 1. The van der Waals surface area contributed by atoms with E-state index < -0.39 is 10.0 Å². The number of carbonyl (C=O) groups is 1. The number of nitrogens with zero attached hydrogens (tertiary/aromatic N) is 3. The van der Waals surface area contributed by atoms with Crippen molar-refractivity contribution in [1.29, 1.82) is 0 Å². The molecule has 1 aromatic heterocycles. The molecule has 1 fully saturated rings. The predicted molar refractivity (Wildman–Crippen MR) is 81.6 cm³/mol. The summed E-state index contributed by atoms with van der Waals surface area (Å²) < 4.78 is 27.6. The summed E-state index contributed by atoms with van der Waals surface area (Å²) in [7, 11) is -1.30. The third kappa shape index (κ3) is 3.85. The maximum absolute atomic E-state index is 12.4. The summed E-state index contributed by atoms with van der Waals surface area (Å²) in [5.41, 5.74) is 0.655. The molecule has 0 aromatic carbocycles. The normalized spacial score (nSPS) is 17.7. The van der Waals surface area contributed by atoms with Crippen molar-refractivity contribution in [3.63, 3.8) is 0 Å². The molecule has 0 aliphatic carbocycles. The van der Waals surface area contributed by atoms with Crippen LogP contribution in [0.1, 0.15) is 30.1 Å². The minimum atomic E-state index is -3.18. The van der Waals surface area contributed by atoms with Crippen molar-refractivity contribution in [2.45, 2.75) is 19.8 Å². The van der Waals surface area contributed by atoms with Gasteiger partial charge in [-0.15, -0.1) is 0 Å². The van der Waals surface area contributed by atoms with Crippen LogP contribution in [0.15, 0.2) is 18.5 Å². The maximum atomic E-state index is 12.4. The monoisotopic (exact) mass is 313 g/mol. The van der Waals surface area contributed by atoms with Gasteiger partial charge in [-0.25, -0.2) is 12.7 Å². The first-order valence-corrected chi connectivity index (χ1v) is 8.94. The Labute approximate surface area is 126 Å². The second-order valence-corrected chi connectivity index (χ2v) is 7.51. The van der Waals surface area contributed by atoms with Crippen LogP contribution in [-0.4, -0.2) is 60.0 Å². The Balaban J connectivity index is 2.02. The number of rotatable bonds is 4. The Hall–Kier alpha value is -1.34. The van der Waals surface area contributed by atoms with E-state index in [9.17, 15) is 13.2 Å². The van der Waals surface area contributed by atoms with Gasteiger partial charge in [-0.1, -0.05) is 6.92 Å². The average molecular weight is 313 g/mol. The molecule has 0 spiro atoms. The third-order valence-electron chi connectivity index (χ3n) is 3.68. The van der Waals surface area contributed by atoms with Crippen LogP contribution >= 0.6 is 0 Å².